The molecule has 1 aliphatic heterocycles. The van der Waals surface area contributed by atoms with Gasteiger partial charge < -0.3 is 19.7 Å². The number of ketones is 1. The number of ether oxygens (including phenoxy) is 2. The molecular weight excluding hydrogens is 400 g/mol. The second-order valence-corrected chi connectivity index (χ2v) is 10.9. The predicted octanol–water partition coefficient (Wildman–Crippen LogP) is 2.64. The smallest absolute Gasteiger partial charge is 0.309 e. The van der Waals surface area contributed by atoms with Gasteiger partial charge in [-0.2, -0.15) is 0 Å². The van der Waals surface area contributed by atoms with Crippen LogP contribution < -0.4 is 0 Å². The summed E-state index contributed by atoms with van der Waals surface area (Å²) in [6, 6.07) is 0. The highest BCUT2D eigenvalue weighted by molar-refractivity contribution is 5.92. The van der Waals surface area contributed by atoms with Crippen molar-refractivity contribution < 1.29 is 34.1 Å². The quantitative estimate of drug-likeness (QED) is 0.519. The molecule has 5 rings (SSSR count). The second kappa shape index (κ2) is 6.41. The molecular formula is C24H32O7. The van der Waals surface area contributed by atoms with Crippen LogP contribution in [-0.4, -0.2) is 52.4 Å². The maximum Gasteiger partial charge on any atom is 0.309 e. The van der Waals surface area contributed by atoms with Crippen LogP contribution in [0.15, 0.2) is 11.6 Å². The molecule has 2 unspecified atom stereocenters. The first-order chi connectivity index (χ1) is 14.5. The molecule has 0 amide bonds. The molecule has 1 heterocycles. The van der Waals surface area contributed by atoms with E-state index in [4.69, 9.17) is 9.47 Å². The van der Waals surface area contributed by atoms with Gasteiger partial charge in [-0.1, -0.05) is 19.4 Å². The minimum absolute atomic E-state index is 0.0325. The van der Waals surface area contributed by atoms with E-state index in [0.717, 1.165) is 12.0 Å². The lowest BCUT2D eigenvalue weighted by Crippen LogP contribution is -2.63. The number of hydrogen-bond acceptors (Lipinski definition) is 6. The Morgan fingerprint density at radius 3 is 2.71 bits per heavy atom. The summed E-state index contributed by atoms with van der Waals surface area (Å²) in [6.45, 7) is 4.24. The number of aliphatic hydroxyl groups is 1. The molecule has 5 aliphatic rings. The van der Waals surface area contributed by atoms with Crippen LogP contribution in [0.2, 0.25) is 0 Å². The van der Waals surface area contributed by atoms with E-state index in [2.05, 4.69) is 13.8 Å². The largest absolute Gasteiger partial charge is 0.481 e. The fourth-order valence-electron chi connectivity index (χ4n) is 8.22. The Hall–Kier alpha value is -1.73. The minimum atomic E-state index is -1.09. The summed E-state index contributed by atoms with van der Waals surface area (Å²) in [5.41, 5.74) is -1.43. The van der Waals surface area contributed by atoms with E-state index in [1.807, 2.05) is 0 Å². The Kier molecular flexibility index (Phi) is 4.37. The zero-order valence-electron chi connectivity index (χ0n) is 18.5. The standard InChI is InChI=1S/C24H32O7/c1-21-7-4-14(25)10-13(21)11-15(20(28)30-3)19-16-5-8-23(29,9-6-18(26)27)22(16,2)12-17-24(19,21)31-17/h10,15-17,19,29H,4-9,11-12H2,1-3H3,(H,26,27)/t15-,16+,17?,19+,21+,22+,23+,24?/m1/s1. The van der Waals surface area contributed by atoms with Crippen LogP contribution in [0.3, 0.4) is 0 Å². The third-order valence-electron chi connectivity index (χ3n) is 9.95. The van der Waals surface area contributed by atoms with Crippen molar-refractivity contribution in [2.75, 3.05) is 7.11 Å². The van der Waals surface area contributed by atoms with Gasteiger partial charge in [-0.25, -0.2) is 0 Å². The molecule has 3 saturated carbocycles. The lowest BCUT2D eigenvalue weighted by molar-refractivity contribution is -0.163. The highest BCUT2D eigenvalue weighted by atomic mass is 16.6. The van der Waals surface area contributed by atoms with E-state index in [0.29, 0.717) is 32.1 Å². The van der Waals surface area contributed by atoms with E-state index in [-0.39, 0.29) is 47.9 Å². The van der Waals surface area contributed by atoms with Gasteiger partial charge in [-0.05, 0) is 50.5 Å². The zero-order chi connectivity index (χ0) is 22.4. The first kappa shape index (κ1) is 21.1. The lowest BCUT2D eigenvalue weighted by atomic mass is 9.43. The third-order valence-corrected chi connectivity index (χ3v) is 9.95. The Morgan fingerprint density at radius 1 is 1.29 bits per heavy atom. The zero-order valence-corrected chi connectivity index (χ0v) is 18.5. The summed E-state index contributed by atoms with van der Waals surface area (Å²) in [6.07, 6.45) is 5.35. The molecule has 7 heteroatoms. The lowest BCUT2D eigenvalue weighted by Gasteiger charge is -2.58. The van der Waals surface area contributed by atoms with Crippen molar-refractivity contribution in [1.29, 1.82) is 0 Å². The van der Waals surface area contributed by atoms with Gasteiger partial charge in [0.05, 0.1) is 24.7 Å². The third kappa shape index (κ3) is 2.50. The van der Waals surface area contributed by atoms with Gasteiger partial charge in [0.2, 0.25) is 0 Å². The van der Waals surface area contributed by atoms with Crippen LogP contribution in [0.4, 0.5) is 0 Å². The number of carbonyl (C=O) groups is 3. The maximum atomic E-state index is 13.0. The van der Waals surface area contributed by atoms with Crippen LogP contribution >= 0.6 is 0 Å². The number of epoxide rings is 1. The van der Waals surface area contributed by atoms with E-state index < -0.39 is 28.5 Å². The van der Waals surface area contributed by atoms with Gasteiger partial charge in [0.1, 0.15) is 5.60 Å². The molecule has 1 saturated heterocycles. The molecule has 0 aromatic rings. The number of carbonyl (C=O) groups excluding carboxylic acids is 2. The molecule has 8 atom stereocenters. The molecule has 2 N–H and O–H groups in total. The molecule has 4 fully saturated rings. The van der Waals surface area contributed by atoms with Crippen LogP contribution in [-0.2, 0) is 23.9 Å². The van der Waals surface area contributed by atoms with E-state index in [9.17, 15) is 24.6 Å². The van der Waals surface area contributed by atoms with E-state index in [1.165, 1.54) is 7.11 Å². The average Bonchev–Trinajstić information content (AvgIpc) is 3.38. The SMILES string of the molecule is COC(=O)[C@@H]1CC2=CC(=O)CC[C@]2(C)C23OC2C[C@@]2(C)[C@@H](CC[C@]2(O)CCC(=O)O)[C@H]13. The number of carboxylic acids is 1. The molecule has 0 aromatic heterocycles. The molecule has 0 aromatic carbocycles. The monoisotopic (exact) mass is 432 g/mol. The van der Waals surface area contributed by atoms with Gasteiger partial charge >= 0.3 is 11.9 Å². The van der Waals surface area contributed by atoms with Crippen LogP contribution in [0, 0.1) is 28.6 Å². The molecule has 7 nitrogen and oxygen atoms in total. The first-order valence-electron chi connectivity index (χ1n) is 11.5. The topological polar surface area (TPSA) is 113 Å². The van der Waals surface area contributed by atoms with Crippen molar-refractivity contribution >= 4 is 17.7 Å². The number of hydrogen-bond donors (Lipinski definition) is 2. The summed E-state index contributed by atoms with van der Waals surface area (Å²) in [7, 11) is 1.40. The molecule has 4 aliphatic carbocycles. The highest BCUT2D eigenvalue weighted by Crippen LogP contribution is 2.77. The van der Waals surface area contributed by atoms with Crippen molar-refractivity contribution in [3.05, 3.63) is 11.6 Å². The van der Waals surface area contributed by atoms with Crippen molar-refractivity contribution in [1.82, 2.24) is 0 Å². The second-order valence-electron chi connectivity index (χ2n) is 10.9. The summed E-state index contributed by atoms with van der Waals surface area (Å²) in [5, 5.41) is 20.9. The number of methoxy groups -OCH3 is 1. The molecule has 170 valence electrons. The van der Waals surface area contributed by atoms with Crippen molar-refractivity contribution in [2.24, 2.45) is 28.6 Å². The number of aliphatic carboxylic acids is 1. The summed E-state index contributed by atoms with van der Waals surface area (Å²) in [4.78, 5) is 36.4. The number of esters is 1. The van der Waals surface area contributed by atoms with Gasteiger partial charge in [0.25, 0.3) is 0 Å². The van der Waals surface area contributed by atoms with Gasteiger partial charge in [0, 0.05) is 29.6 Å². The fourth-order valence-corrected chi connectivity index (χ4v) is 8.22. The molecule has 0 radical (unpaired) electrons. The highest BCUT2D eigenvalue weighted by Gasteiger charge is 2.82. The van der Waals surface area contributed by atoms with Crippen molar-refractivity contribution in [2.45, 2.75) is 82.5 Å². The average molecular weight is 433 g/mol. The number of fused-ring (bicyclic) bond motifs is 3. The Balaban J connectivity index is 1.59. The van der Waals surface area contributed by atoms with Gasteiger partial charge in [0.15, 0.2) is 5.78 Å². The number of rotatable bonds is 4. The maximum absolute atomic E-state index is 13.0. The van der Waals surface area contributed by atoms with E-state index >= 15 is 0 Å². The molecule has 1 spiro atoms. The van der Waals surface area contributed by atoms with Gasteiger partial charge in [-0.3, -0.25) is 14.4 Å². The summed E-state index contributed by atoms with van der Waals surface area (Å²) < 4.78 is 11.7. The Bertz CT molecular complexity index is 894. The van der Waals surface area contributed by atoms with Crippen LogP contribution in [0.5, 0.6) is 0 Å². The van der Waals surface area contributed by atoms with Crippen LogP contribution in [0.25, 0.3) is 0 Å². The van der Waals surface area contributed by atoms with Crippen LogP contribution in [0.1, 0.15) is 65.2 Å². The summed E-state index contributed by atoms with van der Waals surface area (Å²) in [5.74, 6) is -1.60. The Labute approximate surface area is 182 Å². The summed E-state index contributed by atoms with van der Waals surface area (Å²) >= 11 is 0. The van der Waals surface area contributed by atoms with E-state index in [1.54, 1.807) is 6.08 Å². The Morgan fingerprint density at radius 2 is 2.03 bits per heavy atom. The molecule has 31 heavy (non-hydrogen) atoms. The normalized spacial score (nSPS) is 49.8. The predicted molar refractivity (Wildman–Crippen MR) is 109 cm³/mol. The van der Waals surface area contributed by atoms with Crippen molar-refractivity contribution in [3.63, 3.8) is 0 Å². The molecule has 0 bridgehead atoms. The first-order valence-corrected chi connectivity index (χ1v) is 11.5. The minimum Gasteiger partial charge on any atom is -0.481 e. The van der Waals surface area contributed by atoms with Gasteiger partial charge in [-0.15, -0.1) is 0 Å². The van der Waals surface area contributed by atoms with Crippen molar-refractivity contribution in [3.8, 4) is 0 Å². The fraction of sp³-hybridized carbons (Fsp3) is 0.792. The number of carboxylic acid groups (broad SMARTS) is 1.